The van der Waals surface area contributed by atoms with E-state index >= 15 is 0 Å². The Labute approximate surface area is 92.8 Å². The third-order valence-corrected chi connectivity index (χ3v) is 1.98. The molecule has 1 aromatic rings. The van der Waals surface area contributed by atoms with E-state index in [1.54, 1.807) is 10.9 Å². The fraction of sp³-hybridized carbons (Fsp3) is 0.444. The summed E-state index contributed by atoms with van der Waals surface area (Å²) in [4.78, 5) is 22.0. The number of rotatable bonds is 5. The highest BCUT2D eigenvalue weighted by Crippen LogP contribution is 2.05. The van der Waals surface area contributed by atoms with Crippen LogP contribution in [0.15, 0.2) is 12.4 Å². The molecule has 16 heavy (non-hydrogen) atoms. The van der Waals surface area contributed by atoms with Crippen LogP contribution in [0.4, 0.5) is 5.69 Å². The number of anilines is 1. The van der Waals surface area contributed by atoms with Crippen LogP contribution < -0.4 is 16.8 Å². The van der Waals surface area contributed by atoms with Crippen molar-refractivity contribution >= 4 is 17.5 Å². The summed E-state index contributed by atoms with van der Waals surface area (Å²) in [6.45, 7) is 2.64. The number of hydrogen-bond donors (Lipinski definition) is 3. The number of nitrogens with two attached hydrogens (primary N) is 2. The van der Waals surface area contributed by atoms with E-state index in [9.17, 15) is 9.59 Å². The highest BCUT2D eigenvalue weighted by Gasteiger charge is 2.16. The third-order valence-electron chi connectivity index (χ3n) is 1.98. The predicted molar refractivity (Wildman–Crippen MR) is 58.3 cm³/mol. The third kappa shape index (κ3) is 3.35. The van der Waals surface area contributed by atoms with Gasteiger partial charge in [0, 0.05) is 12.7 Å². The van der Waals surface area contributed by atoms with Gasteiger partial charge < -0.3 is 16.8 Å². The zero-order valence-electron chi connectivity index (χ0n) is 9.01. The minimum Gasteiger partial charge on any atom is -0.370 e. The fourth-order valence-corrected chi connectivity index (χ4v) is 1.15. The zero-order valence-corrected chi connectivity index (χ0v) is 9.01. The van der Waals surface area contributed by atoms with Crippen LogP contribution in [0, 0.1) is 0 Å². The number of aryl methyl sites for hydroxylation is 1. The molecule has 7 heteroatoms. The molecule has 0 spiro atoms. The highest BCUT2D eigenvalue weighted by atomic mass is 16.2. The number of hydrogen-bond acceptors (Lipinski definition) is 4. The molecule has 0 radical (unpaired) electrons. The summed E-state index contributed by atoms with van der Waals surface area (Å²) < 4.78 is 1.66. The van der Waals surface area contributed by atoms with Gasteiger partial charge in [-0.3, -0.25) is 14.3 Å². The van der Waals surface area contributed by atoms with Crippen LogP contribution in [0.2, 0.25) is 0 Å². The maximum Gasteiger partial charge on any atom is 0.241 e. The topological polar surface area (TPSA) is 116 Å². The molecule has 1 aromatic heterocycles. The van der Waals surface area contributed by atoms with E-state index in [1.165, 1.54) is 6.20 Å². The van der Waals surface area contributed by atoms with Crippen LogP contribution in [0.25, 0.3) is 0 Å². The fourth-order valence-electron chi connectivity index (χ4n) is 1.15. The Morgan fingerprint density at radius 1 is 1.62 bits per heavy atom. The van der Waals surface area contributed by atoms with Gasteiger partial charge in [0.1, 0.15) is 0 Å². The number of primary amides is 1. The smallest absolute Gasteiger partial charge is 0.241 e. The van der Waals surface area contributed by atoms with Gasteiger partial charge in [-0.1, -0.05) is 0 Å². The van der Waals surface area contributed by atoms with E-state index in [0.717, 1.165) is 0 Å². The van der Waals surface area contributed by atoms with Crippen molar-refractivity contribution in [3.8, 4) is 0 Å². The van der Waals surface area contributed by atoms with E-state index in [0.29, 0.717) is 12.2 Å². The van der Waals surface area contributed by atoms with Crippen LogP contribution in [-0.4, -0.2) is 27.6 Å². The minimum atomic E-state index is -0.928. The Kier molecular flexibility index (Phi) is 4.01. The van der Waals surface area contributed by atoms with Crippen molar-refractivity contribution in [2.24, 2.45) is 11.5 Å². The molecule has 1 heterocycles. The summed E-state index contributed by atoms with van der Waals surface area (Å²) in [6, 6.07) is -0.928. The molecule has 7 nitrogen and oxygen atoms in total. The number of amides is 2. The molecule has 0 fully saturated rings. The quantitative estimate of drug-likeness (QED) is 0.598. The van der Waals surface area contributed by atoms with E-state index < -0.39 is 17.9 Å². The van der Waals surface area contributed by atoms with Crippen LogP contribution in [-0.2, 0) is 16.1 Å². The second-order valence-corrected chi connectivity index (χ2v) is 3.35. The molecule has 0 aliphatic carbocycles. The first-order valence-corrected chi connectivity index (χ1v) is 4.90. The first kappa shape index (κ1) is 12.2. The number of carbonyl (C=O) groups excluding carboxylic acids is 2. The lowest BCUT2D eigenvalue weighted by Gasteiger charge is -2.08. The molecule has 0 saturated carbocycles. The Balaban J connectivity index is 2.53. The molecule has 1 unspecified atom stereocenters. The Morgan fingerprint density at radius 2 is 2.31 bits per heavy atom. The molecule has 0 aliphatic rings. The summed E-state index contributed by atoms with van der Waals surface area (Å²) in [5.74, 6) is -1.05. The van der Waals surface area contributed by atoms with Crippen molar-refractivity contribution in [1.82, 2.24) is 9.78 Å². The lowest BCUT2D eigenvalue weighted by molar-refractivity contribution is -0.123. The average Bonchev–Trinajstić information content (AvgIpc) is 2.64. The van der Waals surface area contributed by atoms with Crippen molar-refractivity contribution in [3.63, 3.8) is 0 Å². The molecule has 0 saturated heterocycles. The molecule has 1 atom stereocenters. The number of nitrogens with one attached hydrogen (secondary N) is 1. The van der Waals surface area contributed by atoms with Crippen molar-refractivity contribution in [3.05, 3.63) is 12.4 Å². The Hall–Kier alpha value is -1.89. The van der Waals surface area contributed by atoms with Gasteiger partial charge in [0.05, 0.1) is 24.3 Å². The van der Waals surface area contributed by atoms with Gasteiger partial charge in [0.15, 0.2) is 0 Å². The van der Waals surface area contributed by atoms with Crippen molar-refractivity contribution in [2.75, 3.05) is 5.32 Å². The van der Waals surface area contributed by atoms with Crippen LogP contribution >= 0.6 is 0 Å². The van der Waals surface area contributed by atoms with Gasteiger partial charge in [-0.2, -0.15) is 5.10 Å². The van der Waals surface area contributed by atoms with Gasteiger partial charge in [0.25, 0.3) is 0 Å². The van der Waals surface area contributed by atoms with E-state index in [4.69, 9.17) is 11.5 Å². The number of aromatic nitrogens is 2. The zero-order chi connectivity index (χ0) is 12.1. The normalized spacial score (nSPS) is 12.1. The second kappa shape index (κ2) is 5.26. The SMILES string of the molecule is CCn1cc(NC(=O)C(N)CC(N)=O)cn1. The predicted octanol–water partition coefficient (Wildman–Crippen LogP) is -0.956. The van der Waals surface area contributed by atoms with Gasteiger partial charge >= 0.3 is 0 Å². The van der Waals surface area contributed by atoms with E-state index in [2.05, 4.69) is 10.4 Å². The van der Waals surface area contributed by atoms with Crippen molar-refractivity contribution in [1.29, 1.82) is 0 Å². The monoisotopic (exact) mass is 225 g/mol. The maximum atomic E-state index is 11.5. The molecule has 5 N–H and O–H groups in total. The van der Waals surface area contributed by atoms with E-state index in [-0.39, 0.29) is 6.42 Å². The largest absolute Gasteiger partial charge is 0.370 e. The average molecular weight is 225 g/mol. The molecule has 0 bridgehead atoms. The summed E-state index contributed by atoms with van der Waals surface area (Å²) >= 11 is 0. The molecule has 88 valence electrons. The summed E-state index contributed by atoms with van der Waals surface area (Å²) in [7, 11) is 0. The lowest BCUT2D eigenvalue weighted by atomic mass is 10.2. The number of carbonyl (C=O) groups is 2. The van der Waals surface area contributed by atoms with Crippen LogP contribution in [0.3, 0.4) is 0 Å². The lowest BCUT2D eigenvalue weighted by Crippen LogP contribution is -2.38. The van der Waals surface area contributed by atoms with Gasteiger partial charge in [-0.05, 0) is 6.92 Å². The molecular weight excluding hydrogens is 210 g/mol. The van der Waals surface area contributed by atoms with Gasteiger partial charge in [-0.25, -0.2) is 0 Å². The molecular formula is C9H15N5O2. The van der Waals surface area contributed by atoms with E-state index in [1.807, 2.05) is 6.92 Å². The first-order valence-electron chi connectivity index (χ1n) is 4.90. The summed E-state index contributed by atoms with van der Waals surface area (Å²) in [5, 5.41) is 6.52. The second-order valence-electron chi connectivity index (χ2n) is 3.35. The van der Waals surface area contributed by atoms with Gasteiger partial charge in [-0.15, -0.1) is 0 Å². The van der Waals surface area contributed by atoms with Gasteiger partial charge in [0.2, 0.25) is 11.8 Å². The Morgan fingerprint density at radius 3 is 2.81 bits per heavy atom. The Bertz CT molecular complexity index is 387. The van der Waals surface area contributed by atoms with Crippen LogP contribution in [0.1, 0.15) is 13.3 Å². The summed E-state index contributed by atoms with van der Waals surface area (Å²) in [6.07, 6.45) is 3.01. The standard InChI is InChI=1S/C9H15N5O2/c1-2-14-5-6(4-12-14)13-9(16)7(10)3-8(11)15/h4-5,7H,2-3,10H2,1H3,(H2,11,15)(H,13,16). The number of nitrogens with zero attached hydrogens (tertiary/aromatic N) is 2. The molecule has 0 aromatic carbocycles. The highest BCUT2D eigenvalue weighted by molar-refractivity contribution is 5.96. The maximum absolute atomic E-state index is 11.5. The molecule has 0 aliphatic heterocycles. The van der Waals surface area contributed by atoms with Crippen molar-refractivity contribution in [2.45, 2.75) is 25.9 Å². The molecule has 2 amide bonds. The van der Waals surface area contributed by atoms with Crippen molar-refractivity contribution < 1.29 is 9.59 Å². The minimum absolute atomic E-state index is 0.173. The molecule has 1 rings (SSSR count). The first-order chi connectivity index (χ1) is 7.52. The summed E-state index contributed by atoms with van der Waals surface area (Å²) in [5.41, 5.74) is 10.9. The van der Waals surface area contributed by atoms with Crippen LogP contribution in [0.5, 0.6) is 0 Å².